The first-order valence-corrected chi connectivity index (χ1v) is 10.7. The number of nitrogens with zero attached hydrogens (tertiary/aromatic N) is 1. The minimum Gasteiger partial charge on any atom is -0.496 e. The van der Waals surface area contributed by atoms with Crippen LogP contribution in [0.2, 0.25) is 0 Å². The van der Waals surface area contributed by atoms with Crippen LogP contribution in [0, 0.1) is 6.92 Å². The van der Waals surface area contributed by atoms with Crippen molar-refractivity contribution in [3.8, 4) is 28.4 Å². The Kier molecular flexibility index (Phi) is 7.13. The fourth-order valence-electron chi connectivity index (χ4n) is 3.99. The summed E-state index contributed by atoms with van der Waals surface area (Å²) in [5, 5.41) is 0.938. The molecule has 32 heavy (non-hydrogen) atoms. The number of ether oxygens (including phenoxy) is 3. The van der Waals surface area contributed by atoms with Gasteiger partial charge in [0, 0.05) is 41.2 Å². The van der Waals surface area contributed by atoms with E-state index < -0.39 is 0 Å². The molecule has 0 aliphatic heterocycles. The fourth-order valence-corrected chi connectivity index (χ4v) is 3.99. The average molecular weight is 438 g/mol. The second-order valence-electron chi connectivity index (χ2n) is 7.52. The van der Waals surface area contributed by atoms with Gasteiger partial charge in [-0.15, -0.1) is 0 Å². The fraction of sp³-hybridized carbons (Fsp3) is 0.346. The number of aryl methyl sites for hydroxylation is 1. The summed E-state index contributed by atoms with van der Waals surface area (Å²) in [6, 6.07) is 7.79. The van der Waals surface area contributed by atoms with E-state index >= 15 is 0 Å². The molecule has 3 rings (SSSR count). The number of benzene rings is 2. The average Bonchev–Trinajstić information content (AvgIpc) is 3.23. The van der Waals surface area contributed by atoms with Crippen molar-refractivity contribution in [1.82, 2.24) is 4.90 Å². The molecule has 0 aliphatic rings. The van der Waals surface area contributed by atoms with E-state index in [0.717, 1.165) is 38.8 Å². The van der Waals surface area contributed by atoms with Crippen LogP contribution < -0.4 is 14.2 Å². The van der Waals surface area contributed by atoms with Gasteiger partial charge in [-0.05, 0) is 57.0 Å². The third-order valence-electron chi connectivity index (χ3n) is 5.78. The van der Waals surface area contributed by atoms with Gasteiger partial charge >= 0.3 is 0 Å². The predicted molar refractivity (Wildman–Crippen MR) is 128 cm³/mol. The molecule has 0 fully saturated rings. The Labute approximate surface area is 189 Å². The van der Waals surface area contributed by atoms with Crippen LogP contribution in [0.25, 0.3) is 27.7 Å². The molecule has 1 heterocycles. The number of rotatable bonds is 8. The standard InChI is InChI=1S/C26H31NO5/c1-8-27(9-2)24(28)12-16(3)19-14-20-21(15-32-26(20)17(4)25(19)31-7)18-10-11-22(29-5)23(13-18)30-6/h10-15H,8-9H2,1-7H3/b16-12+. The highest BCUT2D eigenvalue weighted by Crippen LogP contribution is 2.42. The number of hydrogen-bond acceptors (Lipinski definition) is 5. The predicted octanol–water partition coefficient (Wildman–Crippen LogP) is 5.71. The monoisotopic (exact) mass is 437 g/mol. The van der Waals surface area contributed by atoms with E-state index in [1.165, 1.54) is 0 Å². The third-order valence-corrected chi connectivity index (χ3v) is 5.78. The molecule has 6 nitrogen and oxygen atoms in total. The van der Waals surface area contributed by atoms with Crippen molar-refractivity contribution in [3.05, 3.63) is 47.7 Å². The first kappa shape index (κ1) is 23.3. The van der Waals surface area contributed by atoms with Gasteiger partial charge in [0.25, 0.3) is 0 Å². The van der Waals surface area contributed by atoms with E-state index in [1.807, 2.05) is 52.0 Å². The highest BCUT2D eigenvalue weighted by molar-refractivity contribution is 6.01. The van der Waals surface area contributed by atoms with E-state index in [1.54, 1.807) is 38.6 Å². The van der Waals surface area contributed by atoms with Crippen LogP contribution in [0.5, 0.6) is 17.2 Å². The first-order chi connectivity index (χ1) is 15.4. The van der Waals surface area contributed by atoms with Crippen LogP contribution in [0.15, 0.2) is 41.0 Å². The number of allylic oxidation sites excluding steroid dienone is 1. The molecule has 1 amide bonds. The highest BCUT2D eigenvalue weighted by atomic mass is 16.5. The van der Waals surface area contributed by atoms with Crippen molar-refractivity contribution in [3.63, 3.8) is 0 Å². The van der Waals surface area contributed by atoms with Gasteiger partial charge in [-0.2, -0.15) is 0 Å². The summed E-state index contributed by atoms with van der Waals surface area (Å²) in [6.07, 6.45) is 3.41. The molecule has 0 spiro atoms. The molecule has 3 aromatic rings. The summed E-state index contributed by atoms with van der Waals surface area (Å²) in [4.78, 5) is 14.5. The summed E-state index contributed by atoms with van der Waals surface area (Å²) in [6.45, 7) is 9.18. The molecule has 0 saturated carbocycles. The molecular formula is C26H31NO5. The zero-order valence-electron chi connectivity index (χ0n) is 19.9. The number of furan rings is 1. The second-order valence-corrected chi connectivity index (χ2v) is 7.52. The maximum atomic E-state index is 12.7. The van der Waals surface area contributed by atoms with E-state index in [9.17, 15) is 4.79 Å². The van der Waals surface area contributed by atoms with Crippen LogP contribution >= 0.6 is 0 Å². The lowest BCUT2D eigenvalue weighted by atomic mass is 9.96. The van der Waals surface area contributed by atoms with Gasteiger partial charge in [-0.3, -0.25) is 4.79 Å². The minimum absolute atomic E-state index is 0.0142. The van der Waals surface area contributed by atoms with Crippen molar-refractivity contribution < 1.29 is 23.4 Å². The lowest BCUT2D eigenvalue weighted by Crippen LogP contribution is -2.28. The van der Waals surface area contributed by atoms with Crippen molar-refractivity contribution in [1.29, 1.82) is 0 Å². The number of fused-ring (bicyclic) bond motifs is 1. The SMILES string of the molecule is CCN(CC)C(=O)/C=C(\C)c1cc2c(-c3ccc(OC)c(OC)c3)coc2c(C)c1OC. The molecule has 2 aromatic carbocycles. The van der Waals surface area contributed by atoms with Gasteiger partial charge in [0.2, 0.25) is 5.91 Å². The van der Waals surface area contributed by atoms with Crippen LogP contribution in [0.4, 0.5) is 0 Å². The van der Waals surface area contributed by atoms with Gasteiger partial charge < -0.3 is 23.5 Å². The summed E-state index contributed by atoms with van der Waals surface area (Å²) < 4.78 is 22.5. The molecule has 0 atom stereocenters. The molecule has 0 saturated heterocycles. The number of amides is 1. The Balaban J connectivity index is 2.19. The lowest BCUT2D eigenvalue weighted by Gasteiger charge is -2.18. The third kappa shape index (κ3) is 4.17. The smallest absolute Gasteiger partial charge is 0.246 e. The number of hydrogen-bond donors (Lipinski definition) is 0. The zero-order valence-corrected chi connectivity index (χ0v) is 19.9. The molecule has 0 bridgehead atoms. The Morgan fingerprint density at radius 2 is 1.72 bits per heavy atom. The molecule has 0 aliphatic carbocycles. The second kappa shape index (κ2) is 9.81. The van der Waals surface area contributed by atoms with E-state index in [0.29, 0.717) is 30.3 Å². The van der Waals surface area contributed by atoms with Gasteiger partial charge in [0.1, 0.15) is 11.3 Å². The molecule has 0 unspecified atom stereocenters. The molecule has 6 heteroatoms. The van der Waals surface area contributed by atoms with Crippen LogP contribution in [0.1, 0.15) is 31.9 Å². The number of carbonyl (C=O) groups is 1. The number of carbonyl (C=O) groups excluding carboxylic acids is 1. The normalized spacial score (nSPS) is 11.5. The van der Waals surface area contributed by atoms with Gasteiger partial charge in [-0.25, -0.2) is 0 Å². The molecule has 0 radical (unpaired) electrons. The van der Waals surface area contributed by atoms with Crippen molar-refractivity contribution in [2.24, 2.45) is 0 Å². The highest BCUT2D eigenvalue weighted by Gasteiger charge is 2.20. The maximum Gasteiger partial charge on any atom is 0.246 e. The Morgan fingerprint density at radius 1 is 1.03 bits per heavy atom. The van der Waals surface area contributed by atoms with Crippen molar-refractivity contribution in [2.45, 2.75) is 27.7 Å². The Bertz CT molecular complexity index is 1150. The van der Waals surface area contributed by atoms with Crippen molar-refractivity contribution in [2.75, 3.05) is 34.4 Å². The van der Waals surface area contributed by atoms with Crippen LogP contribution in [-0.2, 0) is 4.79 Å². The number of methoxy groups -OCH3 is 3. The molecule has 170 valence electrons. The summed E-state index contributed by atoms with van der Waals surface area (Å²) in [5.74, 6) is 1.99. The molecular weight excluding hydrogens is 406 g/mol. The largest absolute Gasteiger partial charge is 0.496 e. The summed E-state index contributed by atoms with van der Waals surface area (Å²) in [7, 11) is 4.86. The molecule has 1 aromatic heterocycles. The quantitative estimate of drug-likeness (QED) is 0.423. The van der Waals surface area contributed by atoms with Gasteiger partial charge in [-0.1, -0.05) is 6.07 Å². The minimum atomic E-state index is -0.0142. The zero-order chi connectivity index (χ0) is 23.4. The Hall–Kier alpha value is -3.41. The van der Waals surface area contributed by atoms with Gasteiger partial charge in [0.05, 0.1) is 27.6 Å². The number of likely N-dealkylation sites (N-methyl/N-ethyl adjacent to an activating group) is 1. The molecule has 0 N–H and O–H groups in total. The maximum absolute atomic E-state index is 12.7. The first-order valence-electron chi connectivity index (χ1n) is 10.7. The van der Waals surface area contributed by atoms with Crippen molar-refractivity contribution >= 4 is 22.4 Å². The van der Waals surface area contributed by atoms with E-state index in [-0.39, 0.29) is 5.91 Å². The topological polar surface area (TPSA) is 61.1 Å². The van der Waals surface area contributed by atoms with Crippen LogP contribution in [-0.4, -0.2) is 45.2 Å². The lowest BCUT2D eigenvalue weighted by molar-refractivity contribution is -0.125. The summed E-state index contributed by atoms with van der Waals surface area (Å²) >= 11 is 0. The van der Waals surface area contributed by atoms with Crippen LogP contribution in [0.3, 0.4) is 0 Å². The van der Waals surface area contributed by atoms with Gasteiger partial charge in [0.15, 0.2) is 11.5 Å². The van der Waals surface area contributed by atoms with E-state index in [2.05, 4.69) is 0 Å². The Morgan fingerprint density at radius 3 is 2.31 bits per heavy atom. The summed E-state index contributed by atoms with van der Waals surface area (Å²) in [5.41, 5.74) is 5.20. The van der Waals surface area contributed by atoms with E-state index in [4.69, 9.17) is 18.6 Å².